The van der Waals surface area contributed by atoms with Crippen LogP contribution < -0.4 is 25.9 Å². The maximum atomic E-state index is 5.30. The fraction of sp³-hybridized carbons (Fsp3) is 0.455. The van der Waals surface area contributed by atoms with Crippen LogP contribution in [0.25, 0.3) is 0 Å². The highest BCUT2D eigenvalue weighted by molar-refractivity contribution is 5.35. The number of ether oxygens (including phenoxy) is 1. The molecule has 0 heterocycles. The van der Waals surface area contributed by atoms with Crippen LogP contribution in [-0.2, 0) is 0 Å². The molecule has 0 aliphatic heterocycles. The fourth-order valence-corrected chi connectivity index (χ4v) is 6.24. The van der Waals surface area contributed by atoms with E-state index in [0.29, 0.717) is 17.8 Å². The first-order valence-corrected chi connectivity index (χ1v) is 11.0. The van der Waals surface area contributed by atoms with Gasteiger partial charge in [0.15, 0.2) is 3.57 Å². The van der Waals surface area contributed by atoms with E-state index in [1.54, 1.807) is 21.8 Å². The molecule has 0 N–H and O–H groups in total. The van der Waals surface area contributed by atoms with Crippen molar-refractivity contribution in [3.63, 3.8) is 0 Å². The highest BCUT2D eigenvalue weighted by atomic mass is 127. The van der Waals surface area contributed by atoms with Gasteiger partial charge in [-0.3, -0.25) is 0 Å². The lowest BCUT2D eigenvalue weighted by molar-refractivity contribution is -0.599. The predicted molar refractivity (Wildman–Crippen MR) is 99.1 cm³/mol. The summed E-state index contributed by atoms with van der Waals surface area (Å²) in [7, 11) is 1.72. The van der Waals surface area contributed by atoms with Gasteiger partial charge in [0.25, 0.3) is 0 Å². The predicted octanol–water partition coefficient (Wildman–Crippen LogP) is 3.19. The van der Waals surface area contributed by atoms with Crippen molar-refractivity contribution < 1.29 is 25.9 Å². The fourth-order valence-electron chi connectivity index (χ4n) is 2.72. The molecule has 0 aliphatic carbocycles. The molecule has 0 aromatic heterocycles. The smallest absolute Gasteiger partial charge is 0.358 e. The molecule has 0 saturated carbocycles. The van der Waals surface area contributed by atoms with Gasteiger partial charge < -0.3 is 4.74 Å². The van der Waals surface area contributed by atoms with Gasteiger partial charge in [-0.2, -0.15) is 0 Å². The van der Waals surface area contributed by atoms with Crippen LogP contribution in [0.15, 0.2) is 36.4 Å². The van der Waals surface area contributed by atoms with E-state index in [-0.39, 0.29) is 21.2 Å². The van der Waals surface area contributed by atoms with Crippen LogP contribution in [0.5, 0.6) is 5.75 Å². The van der Waals surface area contributed by atoms with E-state index in [4.69, 9.17) is 4.74 Å². The lowest BCUT2D eigenvalue weighted by Crippen LogP contribution is -3.62. The maximum Gasteiger partial charge on any atom is 0.358 e. The molecule has 0 spiro atoms. The van der Waals surface area contributed by atoms with Crippen LogP contribution in [0.2, 0.25) is 0 Å². The summed E-state index contributed by atoms with van der Waals surface area (Å²) >= 11 is -0.188. The maximum absolute atomic E-state index is 5.30. The van der Waals surface area contributed by atoms with E-state index < -0.39 is 0 Å². The van der Waals surface area contributed by atoms with Crippen molar-refractivity contribution in [3.8, 4) is 5.75 Å². The molecular formula is C22H30IO+. The van der Waals surface area contributed by atoms with Gasteiger partial charge >= 0.3 is 21.2 Å². The molecule has 130 valence electrons. The second kappa shape index (κ2) is 8.37. The largest absolute Gasteiger partial charge is 0.497 e. The average Bonchev–Trinajstić information content (AvgIpc) is 2.54. The van der Waals surface area contributed by atoms with E-state index in [9.17, 15) is 0 Å². The van der Waals surface area contributed by atoms with Crippen molar-refractivity contribution in [2.75, 3.05) is 7.11 Å². The summed E-state index contributed by atoms with van der Waals surface area (Å²) in [6.45, 7) is 13.9. The minimum Gasteiger partial charge on any atom is -0.497 e. The molecule has 2 rings (SSSR count). The van der Waals surface area contributed by atoms with Gasteiger partial charge in [0, 0.05) is 11.1 Å². The summed E-state index contributed by atoms with van der Waals surface area (Å²) in [5.41, 5.74) is 4.58. The Kier molecular flexibility index (Phi) is 6.73. The quantitative estimate of drug-likeness (QED) is 0.631. The van der Waals surface area contributed by atoms with Crippen molar-refractivity contribution in [1.29, 1.82) is 0 Å². The van der Waals surface area contributed by atoms with Crippen LogP contribution in [0.3, 0.4) is 0 Å². The summed E-state index contributed by atoms with van der Waals surface area (Å²) < 4.78 is 8.37. The van der Waals surface area contributed by atoms with E-state index in [2.05, 4.69) is 77.9 Å². The normalized spacial score (nSPS) is 11.6. The van der Waals surface area contributed by atoms with Crippen molar-refractivity contribution in [2.45, 2.75) is 59.3 Å². The third-order valence-electron chi connectivity index (χ3n) is 4.31. The summed E-state index contributed by atoms with van der Waals surface area (Å²) in [6.07, 6.45) is 0. The first-order chi connectivity index (χ1) is 11.3. The topological polar surface area (TPSA) is 9.23 Å². The molecule has 2 aromatic carbocycles. The van der Waals surface area contributed by atoms with Crippen LogP contribution in [0.4, 0.5) is 0 Å². The minimum absolute atomic E-state index is 0.188. The second-order valence-electron chi connectivity index (χ2n) is 7.23. The molecule has 0 bridgehead atoms. The summed E-state index contributed by atoms with van der Waals surface area (Å²) in [4.78, 5) is 0. The van der Waals surface area contributed by atoms with Gasteiger partial charge in [0.1, 0.15) is 5.75 Å². The van der Waals surface area contributed by atoms with Gasteiger partial charge in [-0.05, 0) is 47.6 Å². The monoisotopic (exact) mass is 437 g/mol. The number of hydrogen-bond acceptors (Lipinski definition) is 1. The molecule has 0 amide bonds. The summed E-state index contributed by atoms with van der Waals surface area (Å²) in [5, 5.41) is 0. The zero-order valence-corrected chi connectivity index (χ0v) is 18.1. The Bertz CT molecular complexity index is 640. The second-order valence-corrected chi connectivity index (χ2v) is 10.1. The van der Waals surface area contributed by atoms with Gasteiger partial charge in [0.05, 0.1) is 7.11 Å². The van der Waals surface area contributed by atoms with E-state index in [0.717, 1.165) is 5.75 Å². The zero-order chi connectivity index (χ0) is 17.9. The van der Waals surface area contributed by atoms with Gasteiger partial charge in [-0.1, -0.05) is 53.7 Å². The third-order valence-corrected chi connectivity index (χ3v) is 7.44. The standard InChI is InChI=1S/C22H30IO/c1-14(2)17-12-20(15(3)4)22(21(13-17)16(5)6)23-18-8-10-19(24-7)11-9-18/h8-16H,1-7H3/q+1. The van der Waals surface area contributed by atoms with Crippen LogP contribution in [0.1, 0.15) is 76.0 Å². The molecule has 0 saturated heterocycles. The summed E-state index contributed by atoms with van der Waals surface area (Å²) in [6, 6.07) is 13.6. The first-order valence-electron chi connectivity index (χ1n) is 8.80. The third kappa shape index (κ3) is 4.53. The molecule has 0 unspecified atom stereocenters. The molecule has 0 radical (unpaired) electrons. The lowest BCUT2D eigenvalue weighted by atomic mass is 9.90. The van der Waals surface area contributed by atoms with Crippen molar-refractivity contribution >= 4 is 0 Å². The average molecular weight is 437 g/mol. The van der Waals surface area contributed by atoms with Crippen molar-refractivity contribution in [2.24, 2.45) is 0 Å². The number of methoxy groups -OCH3 is 1. The number of halogens is 1. The first kappa shape index (κ1) is 19.3. The van der Waals surface area contributed by atoms with Crippen LogP contribution in [-0.4, -0.2) is 7.11 Å². The Morgan fingerprint density at radius 2 is 1.25 bits per heavy atom. The van der Waals surface area contributed by atoms with Gasteiger partial charge in [-0.25, -0.2) is 0 Å². The molecule has 0 atom stereocenters. The molecule has 24 heavy (non-hydrogen) atoms. The summed E-state index contributed by atoms with van der Waals surface area (Å²) in [5.74, 6) is 2.64. The molecule has 0 fully saturated rings. The minimum atomic E-state index is -0.188. The highest BCUT2D eigenvalue weighted by Crippen LogP contribution is 2.27. The Morgan fingerprint density at radius 3 is 1.62 bits per heavy atom. The number of benzene rings is 2. The number of hydrogen-bond donors (Lipinski definition) is 0. The van der Waals surface area contributed by atoms with E-state index >= 15 is 0 Å². The Labute approximate surface area is 158 Å². The highest BCUT2D eigenvalue weighted by Gasteiger charge is 2.28. The molecule has 0 aliphatic rings. The van der Waals surface area contributed by atoms with Gasteiger partial charge in [0.2, 0.25) is 3.57 Å². The Hall–Kier alpha value is -1.03. The van der Waals surface area contributed by atoms with Gasteiger partial charge in [-0.15, -0.1) is 0 Å². The zero-order valence-electron chi connectivity index (χ0n) is 16.0. The molecular weight excluding hydrogens is 407 g/mol. The Balaban J connectivity index is 2.52. The molecule has 2 heteroatoms. The van der Waals surface area contributed by atoms with Crippen molar-refractivity contribution in [1.82, 2.24) is 0 Å². The molecule has 1 nitrogen and oxygen atoms in total. The lowest BCUT2D eigenvalue weighted by Gasteiger charge is -2.17. The van der Waals surface area contributed by atoms with Crippen LogP contribution >= 0.6 is 0 Å². The Morgan fingerprint density at radius 1 is 0.750 bits per heavy atom. The van der Waals surface area contributed by atoms with E-state index in [1.807, 2.05) is 0 Å². The molecule has 2 aromatic rings. The van der Waals surface area contributed by atoms with E-state index in [1.165, 1.54) is 9.13 Å². The number of rotatable bonds is 6. The van der Waals surface area contributed by atoms with Crippen LogP contribution in [0, 0.1) is 7.14 Å². The van der Waals surface area contributed by atoms with Crippen molar-refractivity contribution in [3.05, 3.63) is 60.2 Å². The SMILES string of the molecule is COc1ccc([I+]c2c(C(C)C)cc(C(C)C)cc2C(C)C)cc1.